The van der Waals surface area contributed by atoms with Gasteiger partial charge < -0.3 is 20.0 Å². The fourth-order valence-corrected chi connectivity index (χ4v) is 2.54. The average Bonchev–Trinajstić information content (AvgIpc) is 3.00. The van der Waals surface area contributed by atoms with Crippen molar-refractivity contribution in [3.05, 3.63) is 46.4 Å². The summed E-state index contributed by atoms with van der Waals surface area (Å²) >= 11 is 0. The number of hydrogen-bond acceptors (Lipinski definition) is 4. The zero-order valence-electron chi connectivity index (χ0n) is 12.4. The zero-order chi connectivity index (χ0) is 16.2. The van der Waals surface area contributed by atoms with Crippen molar-refractivity contribution in [2.24, 2.45) is 0 Å². The van der Waals surface area contributed by atoms with E-state index in [4.69, 9.17) is 4.42 Å². The largest absolute Gasteiger partial charge is 0.463 e. The molecule has 2 amide bonds. The molecule has 3 N–H and O–H groups in total. The minimum Gasteiger partial charge on any atom is -0.463 e. The number of carbonyl (C=O) groups excluding carboxylic acids is 2. The maximum Gasteiger partial charge on any atom is 0.261 e. The van der Waals surface area contributed by atoms with E-state index in [0.29, 0.717) is 24.4 Å². The van der Waals surface area contributed by atoms with Gasteiger partial charge in [-0.1, -0.05) is 0 Å². The van der Waals surface area contributed by atoms with Crippen LogP contribution in [0.2, 0.25) is 0 Å². The molecule has 0 aliphatic carbocycles. The molecule has 1 atom stereocenters. The highest BCUT2D eigenvalue weighted by Crippen LogP contribution is 2.15. The van der Waals surface area contributed by atoms with Crippen LogP contribution in [-0.2, 0) is 4.79 Å². The molecule has 7 heteroatoms. The SMILES string of the molecule is O=C(NC1CCCCNC1=O)c1ccc(-c2ccco2)[nH]c1=O. The van der Waals surface area contributed by atoms with Gasteiger partial charge >= 0.3 is 0 Å². The molecule has 0 aromatic carbocycles. The Morgan fingerprint density at radius 1 is 1.22 bits per heavy atom. The van der Waals surface area contributed by atoms with Crippen LogP contribution >= 0.6 is 0 Å². The lowest BCUT2D eigenvalue weighted by Gasteiger charge is -2.14. The van der Waals surface area contributed by atoms with E-state index in [-0.39, 0.29) is 11.5 Å². The van der Waals surface area contributed by atoms with Crippen molar-refractivity contribution < 1.29 is 14.0 Å². The highest BCUT2D eigenvalue weighted by molar-refractivity contribution is 5.97. The fourth-order valence-electron chi connectivity index (χ4n) is 2.54. The predicted octanol–water partition coefficient (Wildman–Crippen LogP) is 1.03. The van der Waals surface area contributed by atoms with Gasteiger partial charge in [0.25, 0.3) is 11.5 Å². The Morgan fingerprint density at radius 3 is 2.83 bits per heavy atom. The second-order valence-corrected chi connectivity index (χ2v) is 5.40. The topological polar surface area (TPSA) is 104 Å². The summed E-state index contributed by atoms with van der Waals surface area (Å²) in [5.41, 5.74) is -0.0634. The van der Waals surface area contributed by atoms with Gasteiger partial charge in [0.05, 0.1) is 12.0 Å². The monoisotopic (exact) mass is 315 g/mol. The maximum absolute atomic E-state index is 12.3. The summed E-state index contributed by atoms with van der Waals surface area (Å²) in [6.07, 6.45) is 3.80. The van der Waals surface area contributed by atoms with Crippen molar-refractivity contribution in [3.63, 3.8) is 0 Å². The molecule has 120 valence electrons. The van der Waals surface area contributed by atoms with Gasteiger partial charge in [-0.15, -0.1) is 0 Å². The Bertz CT molecular complexity index is 764. The lowest BCUT2D eigenvalue weighted by molar-refractivity contribution is -0.122. The molecule has 0 spiro atoms. The number of aromatic amines is 1. The van der Waals surface area contributed by atoms with Gasteiger partial charge in [0, 0.05) is 6.54 Å². The molecule has 1 unspecified atom stereocenters. The summed E-state index contributed by atoms with van der Waals surface area (Å²) in [6.45, 7) is 0.615. The minimum absolute atomic E-state index is 0.0302. The maximum atomic E-state index is 12.3. The van der Waals surface area contributed by atoms with E-state index in [0.717, 1.165) is 12.8 Å². The summed E-state index contributed by atoms with van der Waals surface area (Å²) in [5.74, 6) is -0.254. The van der Waals surface area contributed by atoms with Crippen LogP contribution in [0.4, 0.5) is 0 Å². The minimum atomic E-state index is -0.603. The van der Waals surface area contributed by atoms with Crippen molar-refractivity contribution in [2.75, 3.05) is 6.54 Å². The van der Waals surface area contributed by atoms with E-state index in [2.05, 4.69) is 15.6 Å². The second kappa shape index (κ2) is 6.51. The molecule has 1 saturated heterocycles. The second-order valence-electron chi connectivity index (χ2n) is 5.40. The van der Waals surface area contributed by atoms with Gasteiger partial charge in [-0.25, -0.2) is 0 Å². The number of nitrogens with one attached hydrogen (secondary N) is 3. The Labute approximate surface area is 132 Å². The van der Waals surface area contributed by atoms with Gasteiger partial charge in [-0.05, 0) is 43.5 Å². The smallest absolute Gasteiger partial charge is 0.261 e. The third-order valence-electron chi connectivity index (χ3n) is 3.78. The van der Waals surface area contributed by atoms with Crippen LogP contribution in [0.25, 0.3) is 11.5 Å². The molecule has 0 saturated carbocycles. The van der Waals surface area contributed by atoms with E-state index >= 15 is 0 Å². The third-order valence-corrected chi connectivity index (χ3v) is 3.78. The summed E-state index contributed by atoms with van der Waals surface area (Å²) in [4.78, 5) is 38.8. The third kappa shape index (κ3) is 3.33. The van der Waals surface area contributed by atoms with Crippen LogP contribution in [0.3, 0.4) is 0 Å². The van der Waals surface area contributed by atoms with Gasteiger partial charge in [0.2, 0.25) is 5.91 Å². The lowest BCUT2D eigenvalue weighted by Crippen LogP contribution is -2.46. The van der Waals surface area contributed by atoms with E-state index in [1.165, 1.54) is 12.3 Å². The Balaban J connectivity index is 1.77. The lowest BCUT2D eigenvalue weighted by atomic mass is 10.1. The van der Waals surface area contributed by atoms with E-state index in [1.807, 2.05) is 0 Å². The molecule has 0 radical (unpaired) electrons. The number of furan rings is 1. The van der Waals surface area contributed by atoms with Crippen LogP contribution in [0.1, 0.15) is 29.6 Å². The number of pyridine rings is 1. The molecule has 3 heterocycles. The van der Waals surface area contributed by atoms with Crippen LogP contribution in [-0.4, -0.2) is 29.4 Å². The summed E-state index contributed by atoms with van der Waals surface area (Å²) in [6, 6.07) is 5.84. The van der Waals surface area contributed by atoms with E-state index in [9.17, 15) is 14.4 Å². The molecule has 7 nitrogen and oxygen atoms in total. The van der Waals surface area contributed by atoms with Crippen molar-refractivity contribution in [2.45, 2.75) is 25.3 Å². The van der Waals surface area contributed by atoms with E-state index in [1.54, 1.807) is 18.2 Å². The van der Waals surface area contributed by atoms with Gasteiger partial charge in [0.1, 0.15) is 17.4 Å². The first-order valence-electron chi connectivity index (χ1n) is 7.51. The first-order valence-corrected chi connectivity index (χ1v) is 7.51. The molecule has 23 heavy (non-hydrogen) atoms. The van der Waals surface area contributed by atoms with Crippen molar-refractivity contribution in [1.29, 1.82) is 0 Å². The van der Waals surface area contributed by atoms with Crippen molar-refractivity contribution >= 4 is 11.8 Å². The molecule has 3 rings (SSSR count). The first-order chi connectivity index (χ1) is 11.1. The molecule has 2 aromatic heterocycles. The Hall–Kier alpha value is -2.83. The Kier molecular flexibility index (Phi) is 4.27. The average molecular weight is 315 g/mol. The molecule has 1 aliphatic rings. The molecule has 0 bridgehead atoms. The van der Waals surface area contributed by atoms with Gasteiger partial charge in [0.15, 0.2) is 0 Å². The van der Waals surface area contributed by atoms with Gasteiger partial charge in [-0.3, -0.25) is 14.4 Å². The number of rotatable bonds is 3. The van der Waals surface area contributed by atoms with Crippen molar-refractivity contribution in [1.82, 2.24) is 15.6 Å². The number of carbonyl (C=O) groups is 2. The van der Waals surface area contributed by atoms with Crippen LogP contribution in [0.15, 0.2) is 39.7 Å². The molecule has 1 aliphatic heterocycles. The number of aromatic nitrogens is 1. The molecular formula is C16H17N3O4. The Morgan fingerprint density at radius 2 is 2.09 bits per heavy atom. The standard InChI is InChI=1S/C16H17N3O4/c20-14-10(6-7-11(18-14)13-5-3-9-23-13)15(21)19-12-4-1-2-8-17-16(12)22/h3,5-7,9,12H,1-2,4,8H2,(H,17,22)(H,18,20)(H,19,21). The summed E-state index contributed by atoms with van der Waals surface area (Å²) in [5, 5.41) is 5.37. The molecule has 2 aromatic rings. The quantitative estimate of drug-likeness (QED) is 0.787. The van der Waals surface area contributed by atoms with Crippen LogP contribution < -0.4 is 16.2 Å². The van der Waals surface area contributed by atoms with Crippen LogP contribution in [0.5, 0.6) is 0 Å². The predicted molar refractivity (Wildman–Crippen MR) is 82.9 cm³/mol. The number of hydrogen-bond donors (Lipinski definition) is 3. The van der Waals surface area contributed by atoms with Crippen LogP contribution in [0, 0.1) is 0 Å². The number of amides is 2. The summed E-state index contributed by atoms with van der Waals surface area (Å²) < 4.78 is 5.20. The molecular weight excluding hydrogens is 298 g/mol. The van der Waals surface area contributed by atoms with Gasteiger partial charge in [-0.2, -0.15) is 0 Å². The highest BCUT2D eigenvalue weighted by atomic mass is 16.3. The fraction of sp³-hybridized carbons (Fsp3) is 0.312. The zero-order valence-corrected chi connectivity index (χ0v) is 12.4. The van der Waals surface area contributed by atoms with E-state index < -0.39 is 17.5 Å². The van der Waals surface area contributed by atoms with Crippen molar-refractivity contribution in [3.8, 4) is 11.5 Å². The number of H-pyrrole nitrogens is 1. The normalized spacial score (nSPS) is 18.1. The molecule has 1 fully saturated rings. The first kappa shape index (κ1) is 15.1. The highest BCUT2D eigenvalue weighted by Gasteiger charge is 2.24. The summed E-state index contributed by atoms with van der Waals surface area (Å²) in [7, 11) is 0.